The Morgan fingerprint density at radius 2 is 2.17 bits per heavy atom. The lowest BCUT2D eigenvalue weighted by Crippen LogP contribution is -2.30. The summed E-state index contributed by atoms with van der Waals surface area (Å²) >= 11 is 0. The van der Waals surface area contributed by atoms with Crippen molar-refractivity contribution in [1.82, 2.24) is 4.90 Å². The van der Waals surface area contributed by atoms with Crippen LogP contribution in [0.4, 0.5) is 4.39 Å². The van der Waals surface area contributed by atoms with Gasteiger partial charge in [0.1, 0.15) is 5.82 Å². The van der Waals surface area contributed by atoms with E-state index in [4.69, 9.17) is 5.26 Å². The molecule has 1 aliphatic heterocycles. The van der Waals surface area contributed by atoms with Gasteiger partial charge in [-0.2, -0.15) is 5.26 Å². The molecule has 0 radical (unpaired) electrons. The Bertz CT molecular complexity index is 493. The molecular formula is C14H15FN2O. The van der Waals surface area contributed by atoms with Crippen LogP contribution in [0.1, 0.15) is 36.8 Å². The van der Waals surface area contributed by atoms with Gasteiger partial charge >= 0.3 is 0 Å². The van der Waals surface area contributed by atoms with Crippen molar-refractivity contribution < 1.29 is 9.18 Å². The van der Waals surface area contributed by atoms with Gasteiger partial charge in [-0.25, -0.2) is 4.39 Å². The molecule has 4 heteroatoms. The van der Waals surface area contributed by atoms with Gasteiger partial charge in [0.05, 0.1) is 11.6 Å². The second-order valence-electron chi connectivity index (χ2n) is 4.54. The minimum atomic E-state index is -0.356. The van der Waals surface area contributed by atoms with Crippen LogP contribution in [0.3, 0.4) is 0 Å². The first-order chi connectivity index (χ1) is 8.70. The topological polar surface area (TPSA) is 44.1 Å². The average Bonchev–Trinajstić information content (AvgIpc) is 2.58. The zero-order chi connectivity index (χ0) is 13.0. The fourth-order valence-electron chi connectivity index (χ4n) is 2.18. The molecule has 18 heavy (non-hydrogen) atoms. The molecule has 1 amide bonds. The van der Waals surface area contributed by atoms with Crippen molar-refractivity contribution in [3.63, 3.8) is 0 Å². The van der Waals surface area contributed by atoms with Gasteiger partial charge in [-0.05, 0) is 31.0 Å². The summed E-state index contributed by atoms with van der Waals surface area (Å²) in [4.78, 5) is 13.5. The van der Waals surface area contributed by atoms with E-state index in [1.807, 2.05) is 6.07 Å². The molecule has 94 valence electrons. The lowest BCUT2D eigenvalue weighted by molar-refractivity contribution is -0.131. The Hall–Kier alpha value is -1.89. The summed E-state index contributed by atoms with van der Waals surface area (Å²) < 4.78 is 13.6. The third-order valence-electron chi connectivity index (χ3n) is 3.21. The van der Waals surface area contributed by atoms with E-state index >= 15 is 0 Å². The monoisotopic (exact) mass is 246 g/mol. The van der Waals surface area contributed by atoms with Crippen LogP contribution in [0.15, 0.2) is 18.2 Å². The average molecular weight is 246 g/mol. The van der Waals surface area contributed by atoms with Crippen molar-refractivity contribution in [2.45, 2.75) is 32.2 Å². The second-order valence-corrected chi connectivity index (χ2v) is 4.54. The van der Waals surface area contributed by atoms with Gasteiger partial charge in [0.25, 0.3) is 0 Å². The largest absolute Gasteiger partial charge is 0.338 e. The fourth-order valence-corrected chi connectivity index (χ4v) is 2.18. The van der Waals surface area contributed by atoms with Crippen LogP contribution in [0.25, 0.3) is 0 Å². The third kappa shape index (κ3) is 2.86. The first kappa shape index (κ1) is 12.6. The van der Waals surface area contributed by atoms with Crippen LogP contribution in [0.5, 0.6) is 0 Å². The van der Waals surface area contributed by atoms with Crippen LogP contribution >= 0.6 is 0 Å². The van der Waals surface area contributed by atoms with Crippen molar-refractivity contribution >= 4 is 5.91 Å². The van der Waals surface area contributed by atoms with Gasteiger partial charge in [-0.15, -0.1) is 0 Å². The smallest absolute Gasteiger partial charge is 0.222 e. The summed E-state index contributed by atoms with van der Waals surface area (Å²) in [5.41, 5.74) is 0.845. The number of hydrogen-bond acceptors (Lipinski definition) is 2. The van der Waals surface area contributed by atoms with Gasteiger partial charge in [0.15, 0.2) is 0 Å². The molecule has 0 spiro atoms. The van der Waals surface area contributed by atoms with E-state index in [2.05, 4.69) is 0 Å². The molecule has 0 saturated carbocycles. The van der Waals surface area contributed by atoms with Gasteiger partial charge in [-0.3, -0.25) is 4.79 Å². The van der Waals surface area contributed by atoms with Gasteiger partial charge in [0, 0.05) is 25.1 Å². The Morgan fingerprint density at radius 1 is 1.33 bits per heavy atom. The highest BCUT2D eigenvalue weighted by Gasteiger charge is 2.18. The summed E-state index contributed by atoms with van der Waals surface area (Å²) in [5.74, 6) is -0.277. The number of likely N-dealkylation sites (tertiary alicyclic amines) is 1. The summed E-state index contributed by atoms with van der Waals surface area (Å²) in [7, 11) is 0. The Morgan fingerprint density at radius 3 is 2.94 bits per heavy atom. The standard InChI is InChI=1S/C14H15FN2O/c15-13-6-5-11(9-16)8-12(13)10-17-7-3-1-2-4-14(17)18/h5-6,8H,1-4,7,10H2. The molecule has 1 heterocycles. The quantitative estimate of drug-likeness (QED) is 0.805. The van der Waals surface area contributed by atoms with Crippen LogP contribution in [0.2, 0.25) is 0 Å². The fraction of sp³-hybridized carbons (Fsp3) is 0.429. The molecule has 1 aliphatic rings. The Labute approximate surface area is 106 Å². The summed E-state index contributed by atoms with van der Waals surface area (Å²) in [5, 5.41) is 8.80. The minimum Gasteiger partial charge on any atom is -0.338 e. The van der Waals surface area contributed by atoms with E-state index in [0.717, 1.165) is 19.3 Å². The first-order valence-electron chi connectivity index (χ1n) is 6.17. The lowest BCUT2D eigenvalue weighted by Gasteiger charge is -2.20. The van der Waals surface area contributed by atoms with E-state index in [0.29, 0.717) is 24.1 Å². The number of rotatable bonds is 2. The maximum atomic E-state index is 13.6. The zero-order valence-electron chi connectivity index (χ0n) is 10.2. The van der Waals surface area contributed by atoms with E-state index in [9.17, 15) is 9.18 Å². The van der Waals surface area contributed by atoms with Crippen molar-refractivity contribution in [3.05, 3.63) is 35.1 Å². The number of nitriles is 1. The van der Waals surface area contributed by atoms with E-state index in [-0.39, 0.29) is 18.3 Å². The second kappa shape index (κ2) is 5.63. The molecule has 1 aromatic rings. The number of hydrogen-bond donors (Lipinski definition) is 0. The minimum absolute atomic E-state index is 0.0780. The molecule has 1 saturated heterocycles. The summed E-state index contributed by atoms with van der Waals surface area (Å²) in [6.45, 7) is 0.940. The maximum absolute atomic E-state index is 13.6. The number of carbonyl (C=O) groups excluding carboxylic acids is 1. The van der Waals surface area contributed by atoms with Crippen molar-refractivity contribution in [3.8, 4) is 6.07 Å². The molecule has 1 fully saturated rings. The number of benzene rings is 1. The van der Waals surface area contributed by atoms with Gasteiger partial charge in [-0.1, -0.05) is 6.42 Å². The molecule has 1 aromatic carbocycles. The summed E-state index contributed by atoms with van der Waals surface area (Å²) in [6.07, 6.45) is 3.46. The van der Waals surface area contributed by atoms with Crippen molar-refractivity contribution in [1.29, 1.82) is 5.26 Å². The Balaban J connectivity index is 2.17. The molecule has 0 atom stereocenters. The van der Waals surface area contributed by atoms with Gasteiger partial charge < -0.3 is 4.90 Å². The molecular weight excluding hydrogens is 231 g/mol. The van der Waals surface area contributed by atoms with E-state index in [1.165, 1.54) is 18.2 Å². The zero-order valence-corrected chi connectivity index (χ0v) is 10.2. The number of carbonyl (C=O) groups is 1. The number of nitrogens with zero attached hydrogens (tertiary/aromatic N) is 2. The van der Waals surface area contributed by atoms with Crippen LogP contribution in [-0.4, -0.2) is 17.4 Å². The van der Waals surface area contributed by atoms with Gasteiger partial charge in [0.2, 0.25) is 5.91 Å². The molecule has 2 rings (SSSR count). The summed E-state index contributed by atoms with van der Waals surface area (Å²) in [6, 6.07) is 6.24. The predicted molar refractivity (Wildman–Crippen MR) is 65.0 cm³/mol. The third-order valence-corrected chi connectivity index (χ3v) is 3.21. The molecule has 0 unspecified atom stereocenters. The normalized spacial score (nSPS) is 16.2. The molecule has 0 aliphatic carbocycles. The maximum Gasteiger partial charge on any atom is 0.222 e. The molecule has 0 bridgehead atoms. The van der Waals surface area contributed by atoms with Crippen LogP contribution in [0, 0.1) is 17.1 Å². The van der Waals surface area contributed by atoms with Crippen molar-refractivity contribution in [2.24, 2.45) is 0 Å². The van der Waals surface area contributed by atoms with E-state index in [1.54, 1.807) is 4.90 Å². The molecule has 0 N–H and O–H groups in total. The van der Waals surface area contributed by atoms with Crippen LogP contribution < -0.4 is 0 Å². The molecule has 0 aromatic heterocycles. The number of amides is 1. The highest BCUT2D eigenvalue weighted by molar-refractivity contribution is 5.76. The predicted octanol–water partition coefficient (Wildman–Crippen LogP) is 2.60. The first-order valence-corrected chi connectivity index (χ1v) is 6.17. The highest BCUT2D eigenvalue weighted by Crippen LogP contribution is 2.17. The van der Waals surface area contributed by atoms with Crippen molar-refractivity contribution in [2.75, 3.05) is 6.54 Å². The lowest BCUT2D eigenvalue weighted by atomic mass is 10.1. The SMILES string of the molecule is N#Cc1ccc(F)c(CN2CCCCCC2=O)c1. The molecule has 3 nitrogen and oxygen atoms in total. The number of halogens is 1. The van der Waals surface area contributed by atoms with Crippen LogP contribution in [-0.2, 0) is 11.3 Å². The van der Waals surface area contributed by atoms with E-state index < -0.39 is 0 Å². The highest BCUT2D eigenvalue weighted by atomic mass is 19.1. The Kier molecular flexibility index (Phi) is 3.93.